The second-order valence-electron chi connectivity index (χ2n) is 2.62. The predicted octanol–water partition coefficient (Wildman–Crippen LogP) is 1.12. The zero-order valence-corrected chi connectivity index (χ0v) is 8.00. The van der Waals surface area contributed by atoms with E-state index in [1.165, 1.54) is 12.3 Å². The van der Waals surface area contributed by atoms with Crippen LogP contribution in [0.5, 0.6) is 0 Å². The Balaban J connectivity index is 0.00000169. The van der Waals surface area contributed by atoms with E-state index in [2.05, 4.69) is 4.98 Å². The lowest BCUT2D eigenvalue weighted by molar-refractivity contribution is -0.137. The molecule has 1 aromatic heterocycles. The van der Waals surface area contributed by atoms with E-state index in [0.29, 0.717) is 5.56 Å². The molecule has 1 unspecified atom stereocenters. The quantitative estimate of drug-likeness (QED) is 0.749. The summed E-state index contributed by atoms with van der Waals surface area (Å²) < 4.78 is 12.3. The highest BCUT2D eigenvalue weighted by Crippen LogP contribution is 2.12. The molecule has 0 amide bonds. The van der Waals surface area contributed by atoms with E-state index < -0.39 is 18.0 Å². The van der Waals surface area contributed by atoms with Crippen molar-refractivity contribution in [2.75, 3.05) is 0 Å². The molecule has 1 rings (SSSR count). The molecule has 0 spiro atoms. The zero-order chi connectivity index (χ0) is 9.84. The molecule has 0 aliphatic carbocycles. The zero-order valence-electron chi connectivity index (χ0n) is 7.18. The summed E-state index contributed by atoms with van der Waals surface area (Å²) in [6.45, 7) is 0. The van der Waals surface area contributed by atoms with Gasteiger partial charge in [0.25, 0.3) is 0 Å². The van der Waals surface area contributed by atoms with Gasteiger partial charge in [0.15, 0.2) is 0 Å². The van der Waals surface area contributed by atoms with Gasteiger partial charge >= 0.3 is 5.97 Å². The highest BCUT2D eigenvalue weighted by atomic mass is 35.5. The monoisotopic (exact) mass is 220 g/mol. The van der Waals surface area contributed by atoms with E-state index in [4.69, 9.17) is 10.8 Å². The van der Waals surface area contributed by atoms with Crippen LogP contribution in [0.2, 0.25) is 0 Å². The molecule has 0 fully saturated rings. The number of nitrogens with two attached hydrogens (primary N) is 1. The molecular weight excluding hydrogens is 211 g/mol. The molecule has 14 heavy (non-hydrogen) atoms. The lowest BCUT2D eigenvalue weighted by Crippen LogP contribution is -2.15. The molecular formula is C8H10ClFN2O2. The number of carboxylic acids is 1. The molecule has 4 nitrogen and oxygen atoms in total. The van der Waals surface area contributed by atoms with Gasteiger partial charge in [0.2, 0.25) is 5.95 Å². The molecule has 0 aromatic carbocycles. The molecule has 0 saturated heterocycles. The van der Waals surface area contributed by atoms with Crippen molar-refractivity contribution in [3.05, 3.63) is 29.8 Å². The summed E-state index contributed by atoms with van der Waals surface area (Å²) in [5.74, 6) is -1.59. The van der Waals surface area contributed by atoms with Crippen LogP contribution < -0.4 is 5.73 Å². The van der Waals surface area contributed by atoms with Gasteiger partial charge in [-0.1, -0.05) is 6.07 Å². The lowest BCUT2D eigenvalue weighted by atomic mass is 10.1. The molecule has 6 heteroatoms. The van der Waals surface area contributed by atoms with Gasteiger partial charge in [-0.05, 0) is 11.6 Å². The Kier molecular flexibility index (Phi) is 5.04. The number of hydrogen-bond donors (Lipinski definition) is 2. The SMILES string of the molecule is Cl.NC(CC(=O)O)c1ccc(F)nc1. The second kappa shape index (κ2) is 5.51. The lowest BCUT2D eigenvalue weighted by Gasteiger charge is -2.07. The first-order chi connectivity index (χ1) is 6.09. The fourth-order valence-electron chi connectivity index (χ4n) is 0.913. The van der Waals surface area contributed by atoms with E-state index in [-0.39, 0.29) is 18.8 Å². The van der Waals surface area contributed by atoms with E-state index >= 15 is 0 Å². The molecule has 0 aliphatic heterocycles. The Hall–Kier alpha value is -1.20. The summed E-state index contributed by atoms with van der Waals surface area (Å²) in [4.78, 5) is 13.6. The van der Waals surface area contributed by atoms with Gasteiger partial charge < -0.3 is 10.8 Å². The predicted molar refractivity (Wildman–Crippen MR) is 50.6 cm³/mol. The number of carboxylic acid groups (broad SMARTS) is 1. The van der Waals surface area contributed by atoms with E-state index in [9.17, 15) is 9.18 Å². The van der Waals surface area contributed by atoms with E-state index in [1.807, 2.05) is 0 Å². The molecule has 1 atom stereocenters. The maximum absolute atomic E-state index is 12.3. The standard InChI is InChI=1S/C8H9FN2O2.ClH/c9-7-2-1-5(4-11-7)6(10)3-8(12)13;/h1-2,4,6H,3,10H2,(H,12,13);1H. The smallest absolute Gasteiger partial charge is 0.305 e. The number of hydrogen-bond acceptors (Lipinski definition) is 3. The third-order valence-electron chi connectivity index (χ3n) is 1.57. The summed E-state index contributed by atoms with van der Waals surface area (Å²) in [5.41, 5.74) is 6.02. The number of rotatable bonds is 3. The maximum atomic E-state index is 12.3. The van der Waals surface area contributed by atoms with Crippen LogP contribution in [0.1, 0.15) is 18.0 Å². The van der Waals surface area contributed by atoms with Gasteiger partial charge in [0.05, 0.1) is 6.42 Å². The number of pyridine rings is 1. The van der Waals surface area contributed by atoms with Crippen LogP contribution >= 0.6 is 12.4 Å². The summed E-state index contributed by atoms with van der Waals surface area (Å²) in [6, 6.07) is 1.94. The molecule has 0 saturated carbocycles. The largest absolute Gasteiger partial charge is 0.481 e. The van der Waals surface area contributed by atoms with Crippen LogP contribution in [0, 0.1) is 5.95 Å². The van der Waals surface area contributed by atoms with Crippen molar-refractivity contribution in [3.8, 4) is 0 Å². The van der Waals surface area contributed by atoms with Gasteiger partial charge in [-0.15, -0.1) is 12.4 Å². The van der Waals surface area contributed by atoms with E-state index in [1.54, 1.807) is 0 Å². The number of halogens is 2. The summed E-state index contributed by atoms with van der Waals surface area (Å²) in [6.07, 6.45) is 1.05. The van der Waals surface area contributed by atoms with Crippen molar-refractivity contribution in [2.24, 2.45) is 5.73 Å². The van der Waals surface area contributed by atoms with Crippen LogP contribution in [-0.4, -0.2) is 16.1 Å². The second-order valence-corrected chi connectivity index (χ2v) is 2.62. The van der Waals surface area contributed by atoms with Crippen molar-refractivity contribution in [2.45, 2.75) is 12.5 Å². The molecule has 0 bridgehead atoms. The highest BCUT2D eigenvalue weighted by Gasteiger charge is 2.10. The van der Waals surface area contributed by atoms with Gasteiger partial charge in [0, 0.05) is 12.2 Å². The summed E-state index contributed by atoms with van der Waals surface area (Å²) in [7, 11) is 0. The van der Waals surface area contributed by atoms with Gasteiger partial charge in [-0.25, -0.2) is 4.98 Å². The van der Waals surface area contributed by atoms with Crippen LogP contribution in [0.4, 0.5) is 4.39 Å². The topological polar surface area (TPSA) is 76.2 Å². The average molecular weight is 221 g/mol. The normalized spacial score (nSPS) is 11.6. The highest BCUT2D eigenvalue weighted by molar-refractivity contribution is 5.85. The van der Waals surface area contributed by atoms with Gasteiger partial charge in [-0.2, -0.15) is 4.39 Å². The Labute approximate surface area is 86.4 Å². The minimum Gasteiger partial charge on any atom is -0.481 e. The van der Waals surface area contributed by atoms with Crippen LogP contribution in [0.3, 0.4) is 0 Å². The van der Waals surface area contributed by atoms with Crippen molar-refractivity contribution in [1.29, 1.82) is 0 Å². The first-order valence-corrected chi connectivity index (χ1v) is 3.68. The number of aliphatic carboxylic acids is 1. The average Bonchev–Trinajstić information content (AvgIpc) is 2.04. The third-order valence-corrected chi connectivity index (χ3v) is 1.57. The number of nitrogens with zero attached hydrogens (tertiary/aromatic N) is 1. The minimum absolute atomic E-state index is 0. The molecule has 0 radical (unpaired) electrons. The molecule has 1 aromatic rings. The van der Waals surface area contributed by atoms with Crippen LogP contribution in [0.15, 0.2) is 18.3 Å². The first-order valence-electron chi connectivity index (χ1n) is 3.68. The molecule has 78 valence electrons. The first kappa shape index (κ1) is 12.8. The fraction of sp³-hybridized carbons (Fsp3) is 0.250. The molecule has 1 heterocycles. The minimum atomic E-state index is -0.989. The Bertz CT molecular complexity index is 305. The summed E-state index contributed by atoms with van der Waals surface area (Å²) >= 11 is 0. The van der Waals surface area contributed by atoms with Gasteiger partial charge in [0.1, 0.15) is 0 Å². The van der Waals surface area contributed by atoms with Crippen molar-refractivity contribution < 1.29 is 14.3 Å². The fourth-order valence-corrected chi connectivity index (χ4v) is 0.913. The van der Waals surface area contributed by atoms with Gasteiger partial charge in [-0.3, -0.25) is 4.79 Å². The van der Waals surface area contributed by atoms with Crippen molar-refractivity contribution in [3.63, 3.8) is 0 Å². The Morgan fingerprint density at radius 3 is 2.71 bits per heavy atom. The van der Waals surface area contributed by atoms with E-state index in [0.717, 1.165) is 6.07 Å². The third kappa shape index (κ3) is 3.68. The Morgan fingerprint density at radius 2 is 2.29 bits per heavy atom. The summed E-state index contributed by atoms with van der Waals surface area (Å²) in [5, 5.41) is 8.43. The Morgan fingerprint density at radius 1 is 1.64 bits per heavy atom. The number of aromatic nitrogens is 1. The molecule has 0 aliphatic rings. The number of carbonyl (C=O) groups is 1. The molecule has 3 N–H and O–H groups in total. The van der Waals surface area contributed by atoms with Crippen molar-refractivity contribution in [1.82, 2.24) is 4.98 Å². The van der Waals surface area contributed by atoms with Crippen LogP contribution in [-0.2, 0) is 4.79 Å². The maximum Gasteiger partial charge on any atom is 0.305 e. The van der Waals surface area contributed by atoms with Crippen LogP contribution in [0.25, 0.3) is 0 Å². The van der Waals surface area contributed by atoms with Crippen molar-refractivity contribution >= 4 is 18.4 Å².